The highest BCUT2D eigenvalue weighted by Crippen LogP contribution is 2.26. The number of methoxy groups -OCH3 is 1. The van der Waals surface area contributed by atoms with Crippen LogP contribution in [0, 0.1) is 0 Å². The van der Waals surface area contributed by atoms with Crippen LogP contribution in [0.3, 0.4) is 0 Å². The molecular weight excluding hydrogens is 290 g/mol. The van der Waals surface area contributed by atoms with E-state index in [0.29, 0.717) is 12.2 Å². The van der Waals surface area contributed by atoms with E-state index in [2.05, 4.69) is 5.32 Å². The van der Waals surface area contributed by atoms with Crippen LogP contribution in [0.25, 0.3) is 0 Å². The molecule has 0 heterocycles. The molecule has 0 amide bonds. The summed E-state index contributed by atoms with van der Waals surface area (Å²) in [7, 11) is -2.23. The van der Waals surface area contributed by atoms with E-state index < -0.39 is 10.0 Å². The lowest BCUT2D eigenvalue weighted by Crippen LogP contribution is -2.15. The monoisotopic (exact) mass is 307 g/mol. The summed E-state index contributed by atoms with van der Waals surface area (Å²) in [6.07, 6.45) is 0. The van der Waals surface area contributed by atoms with Crippen molar-refractivity contribution in [2.75, 3.05) is 18.2 Å². The maximum absolute atomic E-state index is 11.4. The standard InChI is InChI=1S/C14H17N3O3S/c1-20-11-7-5-10(6-8-11)9-17-12-3-2-4-13(14(12)15)21(16,18)19/h2-8,17H,9,15H2,1H3,(H2,16,18,19). The van der Waals surface area contributed by atoms with Crippen molar-refractivity contribution in [2.24, 2.45) is 5.14 Å². The van der Waals surface area contributed by atoms with Crippen LogP contribution >= 0.6 is 0 Å². The molecule has 21 heavy (non-hydrogen) atoms. The van der Waals surface area contributed by atoms with Gasteiger partial charge in [0.05, 0.1) is 18.5 Å². The summed E-state index contributed by atoms with van der Waals surface area (Å²) in [6.45, 7) is 0.502. The van der Waals surface area contributed by atoms with Crippen LogP contribution in [0.2, 0.25) is 0 Å². The largest absolute Gasteiger partial charge is 0.497 e. The third-order valence-electron chi connectivity index (χ3n) is 3.01. The highest BCUT2D eigenvalue weighted by atomic mass is 32.2. The Kier molecular flexibility index (Phi) is 4.35. The fourth-order valence-electron chi connectivity index (χ4n) is 1.89. The Balaban J connectivity index is 2.16. The predicted molar refractivity (Wildman–Crippen MR) is 82.5 cm³/mol. The Bertz CT molecular complexity index is 728. The number of rotatable bonds is 5. The summed E-state index contributed by atoms with van der Waals surface area (Å²) in [6, 6.07) is 12.2. The number of anilines is 2. The average Bonchev–Trinajstić information content (AvgIpc) is 2.45. The topological polar surface area (TPSA) is 107 Å². The van der Waals surface area contributed by atoms with E-state index in [9.17, 15) is 8.42 Å². The zero-order chi connectivity index (χ0) is 15.5. The molecule has 2 aromatic rings. The lowest BCUT2D eigenvalue weighted by Gasteiger charge is -2.12. The van der Waals surface area contributed by atoms with Crippen LogP contribution in [-0.4, -0.2) is 15.5 Å². The average molecular weight is 307 g/mol. The van der Waals surface area contributed by atoms with Crippen molar-refractivity contribution in [3.8, 4) is 5.75 Å². The van der Waals surface area contributed by atoms with Gasteiger partial charge < -0.3 is 15.8 Å². The van der Waals surface area contributed by atoms with Gasteiger partial charge in [0.1, 0.15) is 10.6 Å². The fourth-order valence-corrected chi connectivity index (χ4v) is 2.57. The molecule has 0 radical (unpaired) electrons. The molecule has 5 N–H and O–H groups in total. The van der Waals surface area contributed by atoms with Gasteiger partial charge in [0, 0.05) is 6.54 Å². The van der Waals surface area contributed by atoms with E-state index in [-0.39, 0.29) is 10.6 Å². The van der Waals surface area contributed by atoms with Crippen molar-refractivity contribution in [1.82, 2.24) is 0 Å². The molecule has 0 aliphatic heterocycles. The highest BCUT2D eigenvalue weighted by Gasteiger charge is 2.14. The molecule has 6 nitrogen and oxygen atoms in total. The van der Waals surface area contributed by atoms with Gasteiger partial charge in [0.25, 0.3) is 0 Å². The smallest absolute Gasteiger partial charge is 0.240 e. The van der Waals surface area contributed by atoms with Crippen molar-refractivity contribution in [3.63, 3.8) is 0 Å². The number of nitrogens with two attached hydrogens (primary N) is 2. The molecule has 0 fully saturated rings. The summed E-state index contributed by atoms with van der Waals surface area (Å²) < 4.78 is 27.9. The van der Waals surface area contributed by atoms with Gasteiger partial charge in [0.2, 0.25) is 10.0 Å². The summed E-state index contributed by atoms with van der Waals surface area (Å²) in [5, 5.41) is 8.21. The molecule has 0 unspecified atom stereocenters. The van der Waals surface area contributed by atoms with Gasteiger partial charge in [-0.2, -0.15) is 0 Å². The number of nitrogen functional groups attached to an aromatic ring is 1. The number of primary sulfonamides is 1. The molecule has 112 valence electrons. The maximum Gasteiger partial charge on any atom is 0.240 e. The van der Waals surface area contributed by atoms with Crippen LogP contribution < -0.4 is 20.9 Å². The minimum Gasteiger partial charge on any atom is -0.497 e. The quantitative estimate of drug-likeness (QED) is 0.726. The molecule has 0 atom stereocenters. The van der Waals surface area contributed by atoms with Crippen molar-refractivity contribution >= 4 is 21.4 Å². The van der Waals surface area contributed by atoms with Gasteiger partial charge in [-0.25, -0.2) is 13.6 Å². The van der Waals surface area contributed by atoms with E-state index in [1.807, 2.05) is 24.3 Å². The van der Waals surface area contributed by atoms with Crippen molar-refractivity contribution < 1.29 is 13.2 Å². The van der Waals surface area contributed by atoms with E-state index in [1.165, 1.54) is 6.07 Å². The van der Waals surface area contributed by atoms with Crippen LogP contribution in [0.4, 0.5) is 11.4 Å². The zero-order valence-corrected chi connectivity index (χ0v) is 12.4. The van der Waals surface area contributed by atoms with Gasteiger partial charge >= 0.3 is 0 Å². The number of hydrogen-bond donors (Lipinski definition) is 3. The summed E-state index contributed by atoms with van der Waals surface area (Å²) >= 11 is 0. The zero-order valence-electron chi connectivity index (χ0n) is 11.5. The second-order valence-corrected chi connectivity index (χ2v) is 5.99. The second kappa shape index (κ2) is 6.02. The van der Waals surface area contributed by atoms with Gasteiger partial charge in [-0.15, -0.1) is 0 Å². The normalized spacial score (nSPS) is 11.1. The molecule has 0 spiro atoms. The summed E-state index contributed by atoms with van der Waals surface area (Å²) in [5.41, 5.74) is 7.49. The first kappa shape index (κ1) is 15.1. The van der Waals surface area contributed by atoms with E-state index in [4.69, 9.17) is 15.6 Å². The molecule has 0 aliphatic rings. The minimum absolute atomic E-state index is 0.0813. The van der Waals surface area contributed by atoms with Crippen LogP contribution in [-0.2, 0) is 16.6 Å². The van der Waals surface area contributed by atoms with Crippen LogP contribution in [0.5, 0.6) is 5.75 Å². The van der Waals surface area contributed by atoms with E-state index >= 15 is 0 Å². The van der Waals surface area contributed by atoms with Gasteiger partial charge in [-0.05, 0) is 29.8 Å². The van der Waals surface area contributed by atoms with E-state index in [0.717, 1.165) is 11.3 Å². The number of nitrogens with one attached hydrogen (secondary N) is 1. The molecule has 0 aromatic heterocycles. The van der Waals surface area contributed by atoms with Gasteiger partial charge in [-0.1, -0.05) is 18.2 Å². The SMILES string of the molecule is COc1ccc(CNc2cccc(S(N)(=O)=O)c2N)cc1. The Morgan fingerprint density at radius 3 is 2.38 bits per heavy atom. The van der Waals surface area contributed by atoms with Crippen LogP contribution in [0.1, 0.15) is 5.56 Å². The number of hydrogen-bond acceptors (Lipinski definition) is 5. The van der Waals surface area contributed by atoms with E-state index in [1.54, 1.807) is 19.2 Å². The predicted octanol–water partition coefficient (Wildman–Crippen LogP) is 1.54. The summed E-state index contributed by atoms with van der Waals surface area (Å²) in [5.74, 6) is 0.773. The number of ether oxygens (including phenoxy) is 1. The van der Waals surface area contributed by atoms with Crippen molar-refractivity contribution in [3.05, 3.63) is 48.0 Å². The second-order valence-electron chi connectivity index (χ2n) is 4.46. The molecule has 0 saturated carbocycles. The first-order valence-corrected chi connectivity index (χ1v) is 7.74. The maximum atomic E-state index is 11.4. The number of sulfonamides is 1. The Morgan fingerprint density at radius 1 is 1.14 bits per heavy atom. The lowest BCUT2D eigenvalue weighted by atomic mass is 10.2. The molecule has 0 saturated heterocycles. The van der Waals surface area contributed by atoms with Crippen molar-refractivity contribution in [2.45, 2.75) is 11.4 Å². The van der Waals surface area contributed by atoms with Crippen molar-refractivity contribution in [1.29, 1.82) is 0 Å². The Labute approximate surface area is 123 Å². The molecular formula is C14H17N3O3S. The van der Waals surface area contributed by atoms with Crippen LogP contribution in [0.15, 0.2) is 47.4 Å². The Hall–Kier alpha value is -2.25. The number of para-hydroxylation sites is 1. The minimum atomic E-state index is -3.83. The first-order valence-electron chi connectivity index (χ1n) is 6.20. The molecule has 2 aromatic carbocycles. The van der Waals surface area contributed by atoms with Gasteiger partial charge in [0.15, 0.2) is 0 Å². The third-order valence-corrected chi connectivity index (χ3v) is 3.98. The molecule has 7 heteroatoms. The first-order chi connectivity index (χ1) is 9.91. The number of benzene rings is 2. The molecule has 0 aliphatic carbocycles. The highest BCUT2D eigenvalue weighted by molar-refractivity contribution is 7.89. The third kappa shape index (κ3) is 3.65. The lowest BCUT2D eigenvalue weighted by molar-refractivity contribution is 0.414. The fraction of sp³-hybridized carbons (Fsp3) is 0.143. The van der Waals surface area contributed by atoms with Gasteiger partial charge in [-0.3, -0.25) is 0 Å². The summed E-state index contributed by atoms with van der Waals surface area (Å²) in [4.78, 5) is -0.0813. The Morgan fingerprint density at radius 2 is 1.81 bits per heavy atom. The molecule has 2 rings (SSSR count). The molecule has 0 bridgehead atoms.